The zero-order valence-electron chi connectivity index (χ0n) is 9.16. The van der Waals surface area contributed by atoms with Gasteiger partial charge in [-0.2, -0.15) is 5.26 Å². The first-order chi connectivity index (χ1) is 7.27. The molecule has 0 spiro atoms. The van der Waals surface area contributed by atoms with Gasteiger partial charge in [-0.05, 0) is 25.2 Å². The second-order valence-electron chi connectivity index (χ2n) is 3.98. The van der Waals surface area contributed by atoms with Crippen molar-refractivity contribution in [1.82, 2.24) is 5.32 Å². The van der Waals surface area contributed by atoms with E-state index in [0.717, 1.165) is 25.7 Å². The van der Waals surface area contributed by atoms with Gasteiger partial charge in [0.15, 0.2) is 0 Å². The molecule has 0 aromatic rings. The second kappa shape index (κ2) is 6.28. The number of ether oxygens (including phenoxy) is 1. The van der Waals surface area contributed by atoms with Crippen LogP contribution in [0, 0.1) is 17.2 Å². The van der Waals surface area contributed by atoms with Crippen LogP contribution in [-0.4, -0.2) is 19.2 Å². The van der Waals surface area contributed by atoms with Crippen molar-refractivity contribution in [2.75, 3.05) is 7.11 Å². The van der Waals surface area contributed by atoms with Crippen molar-refractivity contribution in [2.45, 2.75) is 44.6 Å². The van der Waals surface area contributed by atoms with E-state index in [1.165, 1.54) is 13.5 Å². The number of amides is 1. The average molecular weight is 210 g/mol. The van der Waals surface area contributed by atoms with Crippen LogP contribution < -0.4 is 5.32 Å². The van der Waals surface area contributed by atoms with Crippen LogP contribution in [0.25, 0.3) is 0 Å². The largest absolute Gasteiger partial charge is 0.453 e. The molecule has 0 aromatic heterocycles. The van der Waals surface area contributed by atoms with Crippen molar-refractivity contribution in [3.63, 3.8) is 0 Å². The van der Waals surface area contributed by atoms with Gasteiger partial charge in [-0.1, -0.05) is 12.8 Å². The second-order valence-corrected chi connectivity index (χ2v) is 3.98. The average Bonchev–Trinajstić information content (AvgIpc) is 2.28. The number of carbonyl (C=O) groups is 1. The smallest absolute Gasteiger partial charge is 0.407 e. The first-order valence-electron chi connectivity index (χ1n) is 5.49. The zero-order valence-corrected chi connectivity index (χ0v) is 9.16. The van der Waals surface area contributed by atoms with E-state index in [0.29, 0.717) is 12.3 Å². The Balaban J connectivity index is 2.42. The van der Waals surface area contributed by atoms with Gasteiger partial charge in [0, 0.05) is 12.5 Å². The molecule has 0 aliphatic heterocycles. The van der Waals surface area contributed by atoms with Gasteiger partial charge >= 0.3 is 6.09 Å². The van der Waals surface area contributed by atoms with Gasteiger partial charge in [0.05, 0.1) is 13.2 Å². The Morgan fingerprint density at radius 3 is 2.93 bits per heavy atom. The molecule has 4 nitrogen and oxygen atoms in total. The molecule has 0 radical (unpaired) electrons. The number of methoxy groups -OCH3 is 1. The van der Waals surface area contributed by atoms with Crippen molar-refractivity contribution in [2.24, 2.45) is 5.92 Å². The molecule has 1 amide bonds. The number of hydrogen-bond acceptors (Lipinski definition) is 3. The minimum atomic E-state index is -0.358. The van der Waals surface area contributed by atoms with Gasteiger partial charge in [0.25, 0.3) is 0 Å². The highest BCUT2D eigenvalue weighted by Gasteiger charge is 2.26. The van der Waals surface area contributed by atoms with Gasteiger partial charge in [-0.25, -0.2) is 4.79 Å². The summed E-state index contributed by atoms with van der Waals surface area (Å²) in [6.45, 7) is 0. The molecule has 1 fully saturated rings. The number of rotatable bonds is 3. The van der Waals surface area contributed by atoms with Crippen LogP contribution in [0.4, 0.5) is 4.79 Å². The molecular formula is C11H18N2O2. The van der Waals surface area contributed by atoms with Crippen molar-refractivity contribution in [3.05, 3.63) is 0 Å². The Labute approximate surface area is 90.6 Å². The molecule has 0 saturated heterocycles. The van der Waals surface area contributed by atoms with Gasteiger partial charge < -0.3 is 10.1 Å². The Morgan fingerprint density at radius 2 is 2.27 bits per heavy atom. The molecule has 0 unspecified atom stereocenters. The van der Waals surface area contributed by atoms with E-state index in [1.54, 1.807) is 0 Å². The number of nitrogens with zero attached hydrogens (tertiary/aromatic N) is 1. The number of nitriles is 1. The number of nitrogens with one attached hydrogen (secondary N) is 1. The summed E-state index contributed by atoms with van der Waals surface area (Å²) in [4.78, 5) is 11.1. The maximum absolute atomic E-state index is 11.1. The minimum Gasteiger partial charge on any atom is -0.453 e. The third-order valence-electron chi connectivity index (χ3n) is 3.02. The SMILES string of the molecule is COC(=O)N[C@@H]1CCCC[C@H]1CCC#N. The Kier molecular flexibility index (Phi) is 4.96. The molecule has 1 aliphatic carbocycles. The maximum atomic E-state index is 11.1. The summed E-state index contributed by atoms with van der Waals surface area (Å²) in [5, 5.41) is 11.4. The lowest BCUT2D eigenvalue weighted by Gasteiger charge is -2.31. The van der Waals surface area contributed by atoms with E-state index in [4.69, 9.17) is 5.26 Å². The normalized spacial score (nSPS) is 25.3. The Morgan fingerprint density at radius 1 is 1.53 bits per heavy atom. The molecule has 0 aromatic carbocycles. The summed E-state index contributed by atoms with van der Waals surface area (Å²) >= 11 is 0. The molecule has 1 saturated carbocycles. The topological polar surface area (TPSA) is 62.1 Å². The predicted molar refractivity (Wildman–Crippen MR) is 56.1 cm³/mol. The predicted octanol–water partition coefficient (Wildman–Crippen LogP) is 2.20. The summed E-state index contributed by atoms with van der Waals surface area (Å²) in [6.07, 6.45) is 5.56. The minimum absolute atomic E-state index is 0.194. The van der Waals surface area contributed by atoms with Gasteiger partial charge in [-0.15, -0.1) is 0 Å². The number of hydrogen-bond donors (Lipinski definition) is 1. The molecule has 1 N–H and O–H groups in total. The van der Waals surface area contributed by atoms with E-state index in [1.807, 2.05) is 0 Å². The fourth-order valence-corrected chi connectivity index (χ4v) is 2.20. The summed E-state index contributed by atoms with van der Waals surface area (Å²) < 4.78 is 4.59. The molecule has 0 bridgehead atoms. The number of carbonyl (C=O) groups excluding carboxylic acids is 1. The molecule has 15 heavy (non-hydrogen) atoms. The Hall–Kier alpha value is -1.24. The lowest BCUT2D eigenvalue weighted by atomic mass is 9.82. The first-order valence-corrected chi connectivity index (χ1v) is 5.49. The summed E-state index contributed by atoms with van der Waals surface area (Å²) in [6, 6.07) is 2.35. The Bertz CT molecular complexity index is 247. The van der Waals surface area contributed by atoms with Crippen molar-refractivity contribution in [1.29, 1.82) is 5.26 Å². The van der Waals surface area contributed by atoms with E-state index >= 15 is 0 Å². The maximum Gasteiger partial charge on any atom is 0.407 e. The van der Waals surface area contributed by atoms with Crippen LogP contribution in [0.3, 0.4) is 0 Å². The fourth-order valence-electron chi connectivity index (χ4n) is 2.20. The molecule has 1 aliphatic rings. The summed E-state index contributed by atoms with van der Waals surface area (Å²) in [5.74, 6) is 0.442. The van der Waals surface area contributed by atoms with Crippen LogP contribution >= 0.6 is 0 Å². The molecule has 4 heteroatoms. The third kappa shape index (κ3) is 3.78. The summed E-state index contributed by atoms with van der Waals surface area (Å²) in [7, 11) is 1.38. The van der Waals surface area contributed by atoms with Crippen molar-refractivity contribution >= 4 is 6.09 Å². The van der Waals surface area contributed by atoms with Crippen molar-refractivity contribution in [3.8, 4) is 6.07 Å². The van der Waals surface area contributed by atoms with Gasteiger partial charge in [0.1, 0.15) is 0 Å². The van der Waals surface area contributed by atoms with Crippen LogP contribution in [0.15, 0.2) is 0 Å². The van der Waals surface area contributed by atoms with Crippen molar-refractivity contribution < 1.29 is 9.53 Å². The van der Waals surface area contributed by atoms with E-state index in [2.05, 4.69) is 16.1 Å². The monoisotopic (exact) mass is 210 g/mol. The first kappa shape index (κ1) is 11.8. The quantitative estimate of drug-likeness (QED) is 0.776. The van der Waals surface area contributed by atoms with Crippen LogP contribution in [0.1, 0.15) is 38.5 Å². The summed E-state index contributed by atoms with van der Waals surface area (Å²) in [5.41, 5.74) is 0. The van der Waals surface area contributed by atoms with Gasteiger partial charge in [-0.3, -0.25) is 0 Å². The van der Waals surface area contributed by atoms with Gasteiger partial charge in [0.2, 0.25) is 0 Å². The molecular weight excluding hydrogens is 192 g/mol. The zero-order chi connectivity index (χ0) is 11.1. The lowest BCUT2D eigenvalue weighted by molar-refractivity contribution is 0.153. The molecule has 0 heterocycles. The highest BCUT2D eigenvalue weighted by molar-refractivity contribution is 5.67. The number of alkyl carbamates (subject to hydrolysis) is 1. The van der Waals surface area contributed by atoms with Crippen LogP contribution in [0.2, 0.25) is 0 Å². The molecule has 1 rings (SSSR count). The third-order valence-corrected chi connectivity index (χ3v) is 3.02. The van der Waals surface area contributed by atoms with E-state index < -0.39 is 0 Å². The molecule has 2 atom stereocenters. The van der Waals surface area contributed by atoms with E-state index in [9.17, 15) is 4.79 Å². The highest BCUT2D eigenvalue weighted by atomic mass is 16.5. The highest BCUT2D eigenvalue weighted by Crippen LogP contribution is 2.27. The van der Waals surface area contributed by atoms with E-state index in [-0.39, 0.29) is 12.1 Å². The lowest BCUT2D eigenvalue weighted by Crippen LogP contribution is -2.42. The molecule has 84 valence electrons. The fraction of sp³-hybridized carbons (Fsp3) is 0.818. The standard InChI is InChI=1S/C11H18N2O2/c1-15-11(14)13-10-7-3-2-5-9(10)6-4-8-12/h9-10H,2-7H2,1H3,(H,13,14)/t9-,10+/m0/s1. The van der Waals surface area contributed by atoms with Crippen LogP contribution in [-0.2, 0) is 4.74 Å². The van der Waals surface area contributed by atoms with Crippen LogP contribution in [0.5, 0.6) is 0 Å².